The fraction of sp³-hybridized carbons (Fsp3) is 0.0833. The Morgan fingerprint density at radius 2 is 0.500 bits per heavy atom. The summed E-state index contributed by atoms with van der Waals surface area (Å²) in [6.07, 6.45) is 0. The molecule has 0 saturated carbocycles. The average Bonchev–Trinajstić information content (AvgIpc) is 4.12. The molecule has 0 bridgehead atoms. The molecule has 11 rings (SSSR count). The number of nitrogens with zero attached hydrogens (tertiary/aromatic N) is 3. The van der Waals surface area contributed by atoms with Gasteiger partial charge >= 0.3 is 0 Å². The van der Waals surface area contributed by atoms with Gasteiger partial charge in [0, 0.05) is 44.7 Å². The molecular weight excluding hydrogens is 1070 g/mol. The Morgan fingerprint density at radius 3 is 0.731 bits per heavy atom. The van der Waals surface area contributed by atoms with Crippen LogP contribution in [-0.4, -0.2) is 0 Å². The van der Waals surface area contributed by atoms with E-state index in [1.54, 1.807) is 0 Å². The summed E-state index contributed by atoms with van der Waals surface area (Å²) in [5.41, 5.74) is 8.56. The molecular formula is C72H66N3P2Rh-. The van der Waals surface area contributed by atoms with Crippen LogP contribution in [0.4, 0.5) is 11.4 Å². The van der Waals surface area contributed by atoms with Gasteiger partial charge in [-0.15, -0.1) is 10.9 Å². The summed E-state index contributed by atoms with van der Waals surface area (Å²) in [6.45, 7) is 8.91. The maximum Gasteiger partial charge on any atom is 0.0624 e. The Morgan fingerprint density at radius 1 is 0.282 bits per heavy atom. The second-order valence-electron chi connectivity index (χ2n) is 18.8. The van der Waals surface area contributed by atoms with Gasteiger partial charge in [0.2, 0.25) is 0 Å². The number of hydrogen-bond donors (Lipinski definition) is 0. The summed E-state index contributed by atoms with van der Waals surface area (Å²) in [7, 11) is -5.31. The van der Waals surface area contributed by atoms with Crippen LogP contribution >= 0.6 is 14.1 Å². The van der Waals surface area contributed by atoms with E-state index in [9.17, 15) is 0 Å². The maximum absolute atomic E-state index is 5.78. The number of benzene rings is 10. The summed E-state index contributed by atoms with van der Waals surface area (Å²) in [5, 5.41) is 4.66. The molecule has 11 aromatic rings. The van der Waals surface area contributed by atoms with Gasteiger partial charge in [0.25, 0.3) is 0 Å². The Labute approximate surface area is 477 Å². The molecule has 78 heavy (non-hydrogen) atoms. The van der Waals surface area contributed by atoms with E-state index in [0.29, 0.717) is 11.8 Å². The monoisotopic (exact) mass is 1140 g/mol. The Bertz CT molecular complexity index is 3220. The van der Waals surface area contributed by atoms with Gasteiger partial charge in [0.15, 0.2) is 0 Å². The van der Waals surface area contributed by atoms with Gasteiger partial charge < -0.3 is 4.98 Å². The average molecular weight is 1140 g/mol. The molecule has 10 aromatic carbocycles. The molecule has 0 amide bonds. The second-order valence-corrected chi connectivity index (χ2v) is 24.7. The summed E-state index contributed by atoms with van der Waals surface area (Å²) < 4.78 is 11.6. The van der Waals surface area contributed by atoms with E-state index in [4.69, 9.17) is 14.5 Å². The van der Waals surface area contributed by atoms with Crippen LogP contribution in [0.3, 0.4) is 0 Å². The van der Waals surface area contributed by atoms with E-state index < -0.39 is 14.1 Å². The third-order valence-corrected chi connectivity index (χ3v) is 19.7. The van der Waals surface area contributed by atoms with Crippen molar-refractivity contribution in [3.8, 4) is 11.8 Å². The summed E-state index contributed by atoms with van der Waals surface area (Å²) in [4.78, 5) is 5.76. The molecule has 1 radical (unpaired) electrons. The summed E-state index contributed by atoms with van der Waals surface area (Å²) in [6, 6.07) is 109. The van der Waals surface area contributed by atoms with E-state index in [2.05, 4.69) is 222 Å². The fourth-order valence-electron chi connectivity index (χ4n) is 8.59. The minimum atomic E-state index is -2.66. The molecule has 0 unspecified atom stereocenters. The van der Waals surface area contributed by atoms with E-state index in [0.717, 1.165) is 33.4 Å². The molecule has 0 N–H and O–H groups in total. The van der Waals surface area contributed by atoms with Crippen LogP contribution in [0.2, 0.25) is 0 Å². The van der Waals surface area contributed by atoms with E-state index in [1.165, 1.54) is 32.3 Å². The van der Waals surface area contributed by atoms with Crippen molar-refractivity contribution >= 4 is 57.6 Å². The molecule has 0 aliphatic carbocycles. The molecule has 0 aliphatic heterocycles. The van der Waals surface area contributed by atoms with Gasteiger partial charge in [0.05, 0.1) is 11.4 Å². The van der Waals surface area contributed by atoms with Gasteiger partial charge in [-0.25, -0.2) is 0 Å². The number of hydrogen-bond acceptors (Lipinski definition) is 2. The van der Waals surface area contributed by atoms with E-state index in [1.807, 2.05) is 133 Å². The van der Waals surface area contributed by atoms with Crippen LogP contribution < -0.4 is 37.1 Å². The largest absolute Gasteiger partial charge is 0.654 e. The first-order valence-electron chi connectivity index (χ1n) is 26.3. The minimum absolute atomic E-state index is 0. The molecule has 0 aliphatic rings. The van der Waals surface area contributed by atoms with Crippen molar-refractivity contribution in [2.24, 2.45) is 9.49 Å². The van der Waals surface area contributed by atoms with Crippen LogP contribution in [0, 0.1) is 11.8 Å². The first-order chi connectivity index (χ1) is 37.8. The van der Waals surface area contributed by atoms with Crippen LogP contribution in [0.5, 0.6) is 0 Å². The zero-order valence-electron chi connectivity index (χ0n) is 44.7. The third-order valence-electron chi connectivity index (χ3n) is 12.7. The first kappa shape index (κ1) is 57.8. The van der Waals surface area contributed by atoms with Gasteiger partial charge in [-0.1, -0.05) is 306 Å². The second kappa shape index (κ2) is 30.2. The Balaban J connectivity index is 0.000000264. The molecule has 0 spiro atoms. The Hall–Kier alpha value is -7.88. The number of rotatable bonds is 10. The third kappa shape index (κ3) is 15.6. The summed E-state index contributed by atoms with van der Waals surface area (Å²) in [5.74, 6) is 7.11. The predicted molar refractivity (Wildman–Crippen MR) is 334 cm³/mol. The van der Waals surface area contributed by atoms with Crippen molar-refractivity contribution in [1.29, 1.82) is 0 Å². The SMILES string of the molecule is C(#Cc1ccccc1)c1ccccc1.CC(C)c1ccc(N=P(c2ccccc2)(c2ccccc2)c2ccc(P(=Nc3ccc(C(C)C)cc3)(c3ccccc3)c3ccccc3)[n-]2)cc1.[Rh].c1ccccc1.c1ccccc1. The zero-order valence-corrected chi connectivity index (χ0v) is 48.2. The Kier molecular flexibility index (Phi) is 22.4. The predicted octanol–water partition coefficient (Wildman–Crippen LogP) is 17.0. The fourth-order valence-corrected chi connectivity index (χ4v) is 15.5. The molecule has 1 heterocycles. The van der Waals surface area contributed by atoms with E-state index in [-0.39, 0.29) is 19.5 Å². The van der Waals surface area contributed by atoms with Crippen LogP contribution in [0.25, 0.3) is 0 Å². The maximum atomic E-state index is 5.78. The first-order valence-corrected chi connectivity index (χ1v) is 29.8. The molecule has 0 atom stereocenters. The molecule has 1 aromatic heterocycles. The van der Waals surface area contributed by atoms with Crippen LogP contribution in [0.1, 0.15) is 61.8 Å². The standard InChI is InChI=1S/C46H44N3P2.C14H10.2C6H6.Rh/c1-35(2)37-25-29-39(30-26-37)48-50(41-17-9-5-10-18-41,42-19-11-6-12-20-42)45-33-34-46(47-45)51(43-21-13-7-14-22-43,44-23-15-8-16-24-44)49-40-31-27-38(28-32-40)36(3)4;1-3-7-13(8-4-1)11-12-14-9-5-2-6-10-14;2*1-2-4-6-5-3-1;/h5-36H,1-4H3;1-10H;2*1-6H;/q-1;;;;. The van der Waals surface area contributed by atoms with Gasteiger partial charge in [-0.3, -0.25) is 9.49 Å². The van der Waals surface area contributed by atoms with Gasteiger partial charge in [-0.05, 0) is 92.7 Å². The molecule has 389 valence electrons. The van der Waals surface area contributed by atoms with Gasteiger partial charge in [-0.2, -0.15) is 0 Å². The van der Waals surface area contributed by atoms with Gasteiger partial charge in [0.1, 0.15) is 0 Å². The van der Waals surface area contributed by atoms with Crippen molar-refractivity contribution in [3.05, 3.63) is 338 Å². The smallest absolute Gasteiger partial charge is 0.0624 e. The molecule has 0 fully saturated rings. The normalized spacial score (nSPS) is 10.6. The van der Waals surface area contributed by atoms with Crippen molar-refractivity contribution < 1.29 is 19.5 Å². The quantitative estimate of drug-likeness (QED) is 0.0764. The molecule has 6 heteroatoms. The van der Waals surface area contributed by atoms with Crippen molar-refractivity contribution in [2.75, 3.05) is 0 Å². The zero-order chi connectivity index (χ0) is 53.4. The van der Waals surface area contributed by atoms with Crippen LogP contribution in [0.15, 0.2) is 325 Å². The molecule has 3 nitrogen and oxygen atoms in total. The van der Waals surface area contributed by atoms with Crippen molar-refractivity contribution in [2.45, 2.75) is 39.5 Å². The minimum Gasteiger partial charge on any atom is -0.654 e. The van der Waals surface area contributed by atoms with Crippen molar-refractivity contribution in [3.63, 3.8) is 0 Å². The van der Waals surface area contributed by atoms with Crippen LogP contribution in [-0.2, 0) is 19.5 Å². The number of aromatic nitrogens is 1. The summed E-state index contributed by atoms with van der Waals surface area (Å²) >= 11 is 0. The van der Waals surface area contributed by atoms with E-state index >= 15 is 0 Å². The molecule has 0 saturated heterocycles. The topological polar surface area (TPSA) is 38.8 Å². The van der Waals surface area contributed by atoms with Crippen molar-refractivity contribution in [1.82, 2.24) is 4.98 Å².